The molecule has 1 aromatic rings. The number of aliphatic hydroxyl groups excluding tert-OH is 1. The summed E-state index contributed by atoms with van der Waals surface area (Å²) in [5, 5.41) is 9.52. The summed E-state index contributed by atoms with van der Waals surface area (Å²) < 4.78 is 5.88. The van der Waals surface area contributed by atoms with Gasteiger partial charge in [-0.15, -0.1) is 4.74 Å². The molecular formula is C13H20N2O4. The van der Waals surface area contributed by atoms with Gasteiger partial charge in [0.25, 0.3) is 11.5 Å². The maximum atomic E-state index is 11.9. The van der Waals surface area contributed by atoms with Crippen molar-refractivity contribution in [1.82, 2.24) is 9.64 Å². The van der Waals surface area contributed by atoms with Gasteiger partial charge in [0.2, 0.25) is 0 Å². The molecule has 1 unspecified atom stereocenters. The first-order valence-electron chi connectivity index (χ1n) is 6.61. The molecule has 1 fully saturated rings. The minimum absolute atomic E-state index is 0.180. The van der Waals surface area contributed by atoms with E-state index in [2.05, 4.69) is 0 Å². The van der Waals surface area contributed by atoms with Gasteiger partial charge >= 0.3 is 0 Å². The van der Waals surface area contributed by atoms with Crippen molar-refractivity contribution in [3.63, 3.8) is 0 Å². The highest BCUT2D eigenvalue weighted by Gasteiger charge is 2.24. The molecule has 0 amide bonds. The first kappa shape index (κ1) is 14.0. The van der Waals surface area contributed by atoms with Crippen LogP contribution in [0.5, 0.6) is 0 Å². The molecule has 1 atom stereocenters. The second-order valence-electron chi connectivity index (χ2n) is 5.23. The highest BCUT2D eigenvalue weighted by Crippen LogP contribution is 2.20. The number of hydrogen-bond donors (Lipinski definition) is 1. The molecule has 1 aliphatic heterocycles. The van der Waals surface area contributed by atoms with E-state index in [1.807, 2.05) is 4.90 Å². The SMILES string of the molecule is Cc1cc(=O)n(C(=O)CN2CCC(C(C)O)CC2)o1. The molecule has 6 nitrogen and oxygen atoms in total. The van der Waals surface area contributed by atoms with Crippen LogP contribution in [0.2, 0.25) is 0 Å². The van der Waals surface area contributed by atoms with E-state index in [4.69, 9.17) is 4.52 Å². The minimum Gasteiger partial charge on any atom is -0.393 e. The van der Waals surface area contributed by atoms with Crippen molar-refractivity contribution < 1.29 is 14.4 Å². The first-order chi connectivity index (χ1) is 8.97. The summed E-state index contributed by atoms with van der Waals surface area (Å²) in [5.41, 5.74) is -0.415. The summed E-state index contributed by atoms with van der Waals surface area (Å²) >= 11 is 0. The van der Waals surface area contributed by atoms with Gasteiger partial charge in [-0.3, -0.25) is 14.5 Å². The summed E-state index contributed by atoms with van der Waals surface area (Å²) in [6, 6.07) is 1.30. The van der Waals surface area contributed by atoms with Crippen molar-refractivity contribution in [3.8, 4) is 0 Å². The standard InChI is InChI=1S/C13H20N2O4/c1-9-7-12(17)15(19-9)13(18)8-14-5-3-11(4-6-14)10(2)16/h7,10-11,16H,3-6,8H2,1-2H3. The molecule has 1 aromatic heterocycles. The highest BCUT2D eigenvalue weighted by molar-refractivity contribution is 5.79. The Kier molecular flexibility index (Phi) is 4.21. The van der Waals surface area contributed by atoms with E-state index in [-0.39, 0.29) is 18.6 Å². The molecule has 1 aliphatic rings. The second kappa shape index (κ2) is 5.71. The maximum absolute atomic E-state index is 11.9. The lowest BCUT2D eigenvalue weighted by Gasteiger charge is -2.32. The van der Waals surface area contributed by atoms with E-state index in [1.165, 1.54) is 6.07 Å². The lowest BCUT2D eigenvalue weighted by Crippen LogP contribution is -2.42. The van der Waals surface area contributed by atoms with Crippen LogP contribution in [0, 0.1) is 12.8 Å². The highest BCUT2D eigenvalue weighted by atomic mass is 16.5. The van der Waals surface area contributed by atoms with Gasteiger partial charge in [0.15, 0.2) is 0 Å². The minimum atomic E-state index is -0.415. The van der Waals surface area contributed by atoms with Crippen molar-refractivity contribution in [3.05, 3.63) is 22.2 Å². The fourth-order valence-corrected chi connectivity index (χ4v) is 2.47. The van der Waals surface area contributed by atoms with Gasteiger partial charge in [0.1, 0.15) is 5.76 Å². The first-order valence-corrected chi connectivity index (χ1v) is 6.61. The van der Waals surface area contributed by atoms with Gasteiger partial charge in [0, 0.05) is 6.07 Å². The van der Waals surface area contributed by atoms with Crippen LogP contribution in [-0.4, -0.2) is 46.4 Å². The van der Waals surface area contributed by atoms with Crippen LogP contribution in [0.25, 0.3) is 0 Å². The van der Waals surface area contributed by atoms with E-state index in [0.717, 1.165) is 30.7 Å². The number of rotatable bonds is 3. The zero-order valence-corrected chi connectivity index (χ0v) is 11.3. The zero-order chi connectivity index (χ0) is 14.0. The van der Waals surface area contributed by atoms with E-state index < -0.39 is 5.56 Å². The number of piperidine rings is 1. The summed E-state index contributed by atoms with van der Waals surface area (Å²) in [6.45, 7) is 5.14. The number of carbonyl (C=O) groups is 1. The molecule has 2 heterocycles. The lowest BCUT2D eigenvalue weighted by molar-refractivity contribution is 0.0558. The largest absolute Gasteiger partial charge is 0.393 e. The summed E-state index contributed by atoms with van der Waals surface area (Å²) in [7, 11) is 0. The predicted octanol–water partition coefficient (Wildman–Crippen LogP) is 0.483. The molecule has 2 rings (SSSR count). The molecule has 0 spiro atoms. The van der Waals surface area contributed by atoms with E-state index in [0.29, 0.717) is 11.7 Å². The average Bonchev–Trinajstić information content (AvgIpc) is 2.69. The Morgan fingerprint density at radius 1 is 1.53 bits per heavy atom. The Morgan fingerprint density at radius 3 is 2.63 bits per heavy atom. The second-order valence-corrected chi connectivity index (χ2v) is 5.23. The van der Waals surface area contributed by atoms with Gasteiger partial charge in [-0.25, -0.2) is 0 Å². The Bertz CT molecular complexity index is 495. The van der Waals surface area contributed by atoms with Crippen LogP contribution in [-0.2, 0) is 0 Å². The zero-order valence-electron chi connectivity index (χ0n) is 11.3. The van der Waals surface area contributed by atoms with Crippen LogP contribution >= 0.6 is 0 Å². The fourth-order valence-electron chi connectivity index (χ4n) is 2.47. The summed E-state index contributed by atoms with van der Waals surface area (Å²) in [4.78, 5) is 25.4. The number of aromatic nitrogens is 1. The molecular weight excluding hydrogens is 248 g/mol. The molecule has 106 valence electrons. The molecule has 1 N–H and O–H groups in total. The third-order valence-electron chi connectivity index (χ3n) is 3.66. The third-order valence-corrected chi connectivity index (χ3v) is 3.66. The van der Waals surface area contributed by atoms with Crippen LogP contribution in [0.4, 0.5) is 0 Å². The average molecular weight is 268 g/mol. The van der Waals surface area contributed by atoms with Gasteiger partial charge < -0.3 is 9.63 Å². The summed E-state index contributed by atoms with van der Waals surface area (Å²) in [6.07, 6.45) is 1.45. The summed E-state index contributed by atoms with van der Waals surface area (Å²) in [5.74, 6) is 0.402. The molecule has 0 bridgehead atoms. The normalized spacial score (nSPS) is 19.5. The van der Waals surface area contributed by atoms with Gasteiger partial charge in [-0.1, -0.05) is 0 Å². The molecule has 0 aromatic carbocycles. The van der Waals surface area contributed by atoms with Crippen LogP contribution in [0.1, 0.15) is 30.3 Å². The molecule has 19 heavy (non-hydrogen) atoms. The van der Waals surface area contributed by atoms with Gasteiger partial charge in [0.05, 0.1) is 12.6 Å². The van der Waals surface area contributed by atoms with Crippen LogP contribution in [0.3, 0.4) is 0 Å². The number of nitrogens with zero attached hydrogens (tertiary/aromatic N) is 2. The van der Waals surface area contributed by atoms with Crippen LogP contribution < -0.4 is 5.56 Å². The van der Waals surface area contributed by atoms with Crippen molar-refractivity contribution in [1.29, 1.82) is 0 Å². The Labute approximate surface area is 111 Å². The third kappa shape index (κ3) is 3.33. The number of aryl methyl sites for hydroxylation is 1. The number of carbonyl (C=O) groups excluding carboxylic acids is 1. The molecule has 0 saturated carbocycles. The number of likely N-dealkylation sites (tertiary alicyclic amines) is 1. The Hall–Kier alpha value is -1.40. The van der Waals surface area contributed by atoms with Gasteiger partial charge in [-0.05, 0) is 45.7 Å². The Balaban J connectivity index is 1.91. The van der Waals surface area contributed by atoms with E-state index in [1.54, 1.807) is 13.8 Å². The maximum Gasteiger partial charge on any atom is 0.290 e. The lowest BCUT2D eigenvalue weighted by atomic mass is 9.92. The van der Waals surface area contributed by atoms with E-state index in [9.17, 15) is 14.7 Å². The van der Waals surface area contributed by atoms with Crippen molar-refractivity contribution >= 4 is 5.91 Å². The molecule has 0 radical (unpaired) electrons. The fraction of sp³-hybridized carbons (Fsp3) is 0.692. The quantitative estimate of drug-likeness (QED) is 0.863. The monoisotopic (exact) mass is 268 g/mol. The number of aliphatic hydroxyl groups is 1. The molecule has 1 saturated heterocycles. The van der Waals surface area contributed by atoms with Crippen molar-refractivity contribution in [2.24, 2.45) is 5.92 Å². The Morgan fingerprint density at radius 2 is 2.16 bits per heavy atom. The molecule has 6 heteroatoms. The number of hydrogen-bond acceptors (Lipinski definition) is 5. The molecule has 0 aliphatic carbocycles. The van der Waals surface area contributed by atoms with Crippen LogP contribution in [0.15, 0.2) is 15.4 Å². The topological polar surface area (TPSA) is 75.7 Å². The van der Waals surface area contributed by atoms with Gasteiger partial charge in [-0.2, -0.15) is 0 Å². The van der Waals surface area contributed by atoms with Crippen molar-refractivity contribution in [2.75, 3.05) is 19.6 Å². The van der Waals surface area contributed by atoms with Crippen molar-refractivity contribution in [2.45, 2.75) is 32.8 Å². The van der Waals surface area contributed by atoms with E-state index >= 15 is 0 Å². The predicted molar refractivity (Wildman–Crippen MR) is 69.2 cm³/mol. The smallest absolute Gasteiger partial charge is 0.290 e.